The van der Waals surface area contributed by atoms with Crippen LogP contribution in [-0.2, 0) is 27.4 Å². The number of benzene rings is 2. The second-order valence-electron chi connectivity index (χ2n) is 9.64. The Labute approximate surface area is 219 Å². The number of hydrogen-bond donors (Lipinski definition) is 2. The lowest BCUT2D eigenvalue weighted by Gasteiger charge is -2.26. The third-order valence-electron chi connectivity index (χ3n) is 6.60. The van der Waals surface area contributed by atoms with Crippen molar-refractivity contribution in [2.75, 3.05) is 13.6 Å². The molecule has 0 fully saturated rings. The Kier molecular flexibility index (Phi) is 11.2. The number of likely N-dealkylation sites (N-methyl/N-ethyl adjacent to an activating group) is 1. The summed E-state index contributed by atoms with van der Waals surface area (Å²) in [6.45, 7) is 1.06. The number of ether oxygens (including phenoxy) is 1. The van der Waals surface area contributed by atoms with Gasteiger partial charge in [-0.15, -0.1) is 0 Å². The fraction of sp³-hybridized carbons (Fsp3) is 0.433. The van der Waals surface area contributed by atoms with Crippen LogP contribution < -0.4 is 10.1 Å². The van der Waals surface area contributed by atoms with Gasteiger partial charge in [0.15, 0.2) is 0 Å². The predicted molar refractivity (Wildman–Crippen MR) is 143 cm³/mol. The maximum Gasteiger partial charge on any atom is 0.304 e. The molecule has 1 aliphatic heterocycles. The number of rotatable bonds is 7. The van der Waals surface area contributed by atoms with E-state index in [0.717, 1.165) is 49.0 Å². The zero-order valence-corrected chi connectivity index (χ0v) is 21.6. The predicted octanol–water partition coefficient (Wildman–Crippen LogP) is 4.75. The second-order valence-corrected chi connectivity index (χ2v) is 9.64. The number of carbonyl (C=O) groups excluding carboxylic acids is 2. The largest absolute Gasteiger partial charge is 0.489 e. The molecular weight excluding hydrogens is 468 g/mol. The molecule has 0 aromatic heterocycles. The van der Waals surface area contributed by atoms with Crippen molar-refractivity contribution in [3.63, 3.8) is 0 Å². The summed E-state index contributed by atoms with van der Waals surface area (Å²) in [5, 5.41) is 12.2. The smallest absolute Gasteiger partial charge is 0.304 e. The third-order valence-corrected chi connectivity index (χ3v) is 6.60. The van der Waals surface area contributed by atoms with Crippen LogP contribution in [0.1, 0.15) is 56.1 Å². The fourth-order valence-electron chi connectivity index (χ4n) is 4.43. The van der Waals surface area contributed by atoms with Gasteiger partial charge < -0.3 is 20.1 Å². The quantitative estimate of drug-likeness (QED) is 0.528. The van der Waals surface area contributed by atoms with Gasteiger partial charge in [0, 0.05) is 25.9 Å². The van der Waals surface area contributed by atoms with Gasteiger partial charge in [-0.3, -0.25) is 14.4 Å². The van der Waals surface area contributed by atoms with Crippen LogP contribution in [-0.4, -0.2) is 47.4 Å². The van der Waals surface area contributed by atoms with E-state index in [-0.39, 0.29) is 18.2 Å². The van der Waals surface area contributed by atoms with Gasteiger partial charge in [-0.05, 0) is 61.8 Å². The van der Waals surface area contributed by atoms with Gasteiger partial charge in [0.25, 0.3) is 0 Å². The number of carboxylic acid groups (broad SMARTS) is 1. The number of nitrogens with one attached hydrogen (secondary N) is 1. The van der Waals surface area contributed by atoms with Crippen LogP contribution in [0, 0.1) is 5.92 Å². The van der Waals surface area contributed by atoms with E-state index < -0.39 is 17.9 Å². The molecule has 2 amide bonds. The zero-order chi connectivity index (χ0) is 26.5. The van der Waals surface area contributed by atoms with E-state index in [1.807, 2.05) is 54.6 Å². The molecule has 2 aromatic rings. The number of carbonyl (C=O) groups is 3. The summed E-state index contributed by atoms with van der Waals surface area (Å²) < 4.78 is 5.86. The average Bonchev–Trinajstić information content (AvgIpc) is 2.90. The van der Waals surface area contributed by atoms with Crippen molar-refractivity contribution >= 4 is 17.8 Å². The maximum absolute atomic E-state index is 13.3. The Morgan fingerprint density at radius 2 is 1.68 bits per heavy atom. The number of carboxylic acids is 1. The molecule has 7 heteroatoms. The summed E-state index contributed by atoms with van der Waals surface area (Å²) in [6, 6.07) is 16.7. The Morgan fingerprint density at radius 1 is 0.973 bits per heavy atom. The highest BCUT2D eigenvalue weighted by Gasteiger charge is 2.29. The van der Waals surface area contributed by atoms with Crippen LogP contribution in [0.5, 0.6) is 5.75 Å². The standard InChI is InChI=1S/C30H38N2O5/c1-32-19-11-6-4-2-3-5-10-14-25(21-28(33)34)29(35)31-27(30(32)36)20-23-15-17-26(18-16-23)37-22-24-12-8-7-9-13-24/h2-3,7-9,12-13,15-18,25,27H,4-6,10-11,14,19-22H2,1H3,(H,31,35)(H,33,34)/b3-2+/t25-,27+/m1/s1. The van der Waals surface area contributed by atoms with E-state index in [0.29, 0.717) is 26.0 Å². The van der Waals surface area contributed by atoms with E-state index in [1.165, 1.54) is 0 Å². The van der Waals surface area contributed by atoms with E-state index in [2.05, 4.69) is 17.5 Å². The molecule has 37 heavy (non-hydrogen) atoms. The number of aliphatic carboxylic acids is 1. The minimum absolute atomic E-state index is 0.169. The highest BCUT2D eigenvalue weighted by Crippen LogP contribution is 2.18. The SMILES string of the molecule is CN1CCCC/C=C/CCC[C@H](CC(=O)O)C(=O)N[C@@H](Cc2ccc(OCc3ccccc3)cc2)C1=O. The van der Waals surface area contributed by atoms with E-state index >= 15 is 0 Å². The minimum atomic E-state index is -1.01. The molecule has 0 unspecified atom stereocenters. The molecule has 1 heterocycles. The van der Waals surface area contributed by atoms with Crippen molar-refractivity contribution < 1.29 is 24.2 Å². The monoisotopic (exact) mass is 506 g/mol. The Balaban J connectivity index is 1.71. The van der Waals surface area contributed by atoms with Crippen LogP contribution in [0.4, 0.5) is 0 Å². The Morgan fingerprint density at radius 3 is 2.38 bits per heavy atom. The summed E-state index contributed by atoms with van der Waals surface area (Å²) in [6.07, 6.45) is 9.10. The van der Waals surface area contributed by atoms with Crippen molar-refractivity contribution in [1.29, 1.82) is 0 Å². The van der Waals surface area contributed by atoms with Gasteiger partial charge in [0.05, 0.1) is 6.42 Å². The van der Waals surface area contributed by atoms with Crippen LogP contribution >= 0.6 is 0 Å². The summed E-state index contributed by atoms with van der Waals surface area (Å²) in [5.74, 6) is -1.52. The number of amides is 2. The lowest BCUT2D eigenvalue weighted by Crippen LogP contribution is -2.50. The first-order chi connectivity index (χ1) is 17.9. The zero-order valence-electron chi connectivity index (χ0n) is 21.6. The van der Waals surface area contributed by atoms with Gasteiger partial charge in [0.2, 0.25) is 11.8 Å². The van der Waals surface area contributed by atoms with Gasteiger partial charge in [-0.1, -0.05) is 54.6 Å². The van der Waals surface area contributed by atoms with Crippen molar-refractivity contribution in [2.45, 2.75) is 64.0 Å². The maximum atomic E-state index is 13.3. The summed E-state index contributed by atoms with van der Waals surface area (Å²) in [4.78, 5) is 39.6. The molecule has 0 saturated heterocycles. The molecule has 3 rings (SSSR count). The van der Waals surface area contributed by atoms with Crippen LogP contribution in [0.2, 0.25) is 0 Å². The first kappa shape index (κ1) is 28.0. The van der Waals surface area contributed by atoms with E-state index in [4.69, 9.17) is 4.74 Å². The summed E-state index contributed by atoms with van der Waals surface area (Å²) in [7, 11) is 1.75. The van der Waals surface area contributed by atoms with E-state index in [1.54, 1.807) is 11.9 Å². The Bertz CT molecular complexity index is 1040. The fourth-order valence-corrected chi connectivity index (χ4v) is 4.43. The Hall–Kier alpha value is -3.61. The van der Waals surface area contributed by atoms with Crippen LogP contribution in [0.15, 0.2) is 66.7 Å². The van der Waals surface area contributed by atoms with Crippen molar-refractivity contribution in [1.82, 2.24) is 10.2 Å². The normalized spacial score (nSPS) is 20.8. The summed E-state index contributed by atoms with van der Waals surface area (Å²) >= 11 is 0. The molecule has 0 saturated carbocycles. The van der Waals surface area contributed by atoms with E-state index in [9.17, 15) is 19.5 Å². The molecule has 2 aromatic carbocycles. The lowest BCUT2D eigenvalue weighted by molar-refractivity contribution is -0.142. The second kappa shape index (κ2) is 14.8. The molecule has 7 nitrogen and oxygen atoms in total. The first-order valence-corrected chi connectivity index (χ1v) is 13.1. The number of nitrogens with zero attached hydrogens (tertiary/aromatic N) is 1. The van der Waals surface area contributed by atoms with Crippen molar-refractivity contribution in [2.24, 2.45) is 5.92 Å². The van der Waals surface area contributed by atoms with Crippen LogP contribution in [0.3, 0.4) is 0 Å². The lowest BCUT2D eigenvalue weighted by atomic mass is 9.96. The molecule has 1 aliphatic rings. The highest BCUT2D eigenvalue weighted by molar-refractivity contribution is 5.90. The van der Waals surface area contributed by atoms with Gasteiger partial charge in [-0.2, -0.15) is 0 Å². The minimum Gasteiger partial charge on any atom is -0.489 e. The third kappa shape index (κ3) is 9.75. The van der Waals surface area contributed by atoms with Gasteiger partial charge >= 0.3 is 5.97 Å². The highest BCUT2D eigenvalue weighted by atomic mass is 16.5. The molecule has 198 valence electrons. The molecule has 0 spiro atoms. The van der Waals surface area contributed by atoms with Crippen molar-refractivity contribution in [3.8, 4) is 5.75 Å². The number of hydrogen-bond acceptors (Lipinski definition) is 4. The topological polar surface area (TPSA) is 95.9 Å². The summed E-state index contributed by atoms with van der Waals surface area (Å²) in [5.41, 5.74) is 1.96. The average molecular weight is 507 g/mol. The molecule has 2 N–H and O–H groups in total. The van der Waals surface area contributed by atoms with Gasteiger partial charge in [0.1, 0.15) is 18.4 Å². The molecule has 0 aliphatic carbocycles. The number of allylic oxidation sites excluding steroid dienone is 2. The van der Waals surface area contributed by atoms with Crippen molar-refractivity contribution in [3.05, 3.63) is 77.9 Å². The van der Waals surface area contributed by atoms with Gasteiger partial charge in [-0.25, -0.2) is 0 Å². The first-order valence-electron chi connectivity index (χ1n) is 13.1. The van der Waals surface area contributed by atoms with Crippen LogP contribution in [0.25, 0.3) is 0 Å². The molecule has 2 atom stereocenters. The molecule has 0 bridgehead atoms. The molecule has 0 radical (unpaired) electrons. The molecular formula is C30H38N2O5.